The van der Waals surface area contributed by atoms with E-state index in [9.17, 15) is 14.4 Å². The molecule has 0 radical (unpaired) electrons. The van der Waals surface area contributed by atoms with Gasteiger partial charge in [0.1, 0.15) is 15.5 Å². The maximum Gasteiger partial charge on any atom is 0.348 e. The normalized spacial score (nSPS) is 11.0. The topological polar surface area (TPSA) is 94.8 Å². The number of thiophene rings is 1. The van der Waals surface area contributed by atoms with Gasteiger partial charge in [-0.1, -0.05) is 15.9 Å². The van der Waals surface area contributed by atoms with Gasteiger partial charge in [-0.15, -0.1) is 11.3 Å². The first-order valence-corrected chi connectivity index (χ1v) is 10.8. The fourth-order valence-corrected chi connectivity index (χ4v) is 4.26. The van der Waals surface area contributed by atoms with Crippen LogP contribution in [0, 0.1) is 6.92 Å². The van der Waals surface area contributed by atoms with Gasteiger partial charge in [-0.05, 0) is 57.5 Å². The van der Waals surface area contributed by atoms with Gasteiger partial charge in [-0.2, -0.15) is 0 Å². The number of rotatable bonds is 6. The van der Waals surface area contributed by atoms with Crippen molar-refractivity contribution < 1.29 is 28.3 Å². The number of halogens is 1. The highest BCUT2D eigenvalue weighted by molar-refractivity contribution is 9.10. The minimum atomic E-state index is -0.626. The Kier molecular flexibility index (Phi) is 6.62. The highest BCUT2D eigenvalue weighted by atomic mass is 79.9. The van der Waals surface area contributed by atoms with Gasteiger partial charge < -0.3 is 19.2 Å². The zero-order valence-electron chi connectivity index (χ0n) is 16.8. The molecule has 0 saturated carbocycles. The van der Waals surface area contributed by atoms with Gasteiger partial charge in [-0.3, -0.25) is 4.79 Å². The molecule has 30 heavy (non-hydrogen) atoms. The van der Waals surface area contributed by atoms with Gasteiger partial charge in [0.25, 0.3) is 5.91 Å². The molecule has 1 amide bonds. The molecule has 1 aromatic carbocycles. The SMILES string of the molecule is CCOC(=O)c1c(NC(=O)c2cc3cc(Br)ccc3o2)sc(C(=O)OC(C)C)c1C. The lowest BCUT2D eigenvalue weighted by Crippen LogP contribution is -2.14. The summed E-state index contributed by atoms with van der Waals surface area (Å²) in [5.41, 5.74) is 1.08. The van der Waals surface area contributed by atoms with E-state index in [0.29, 0.717) is 11.1 Å². The molecule has 0 fully saturated rings. The third kappa shape index (κ3) is 4.57. The largest absolute Gasteiger partial charge is 0.462 e. The third-order valence-corrected chi connectivity index (χ3v) is 5.76. The van der Waals surface area contributed by atoms with E-state index in [-0.39, 0.29) is 33.9 Å². The van der Waals surface area contributed by atoms with Gasteiger partial charge in [0.15, 0.2) is 5.76 Å². The standard InChI is InChI=1S/C21H20BrNO6S/c1-5-27-20(25)16-11(4)17(21(26)28-10(2)3)30-19(16)23-18(24)15-9-12-8-13(22)6-7-14(12)29-15/h6-10H,5H2,1-4H3,(H,23,24). The molecule has 0 spiro atoms. The number of benzene rings is 1. The summed E-state index contributed by atoms with van der Waals surface area (Å²) < 4.78 is 16.8. The molecule has 1 N–H and O–H groups in total. The Hall–Kier alpha value is -2.65. The zero-order valence-corrected chi connectivity index (χ0v) is 19.2. The van der Waals surface area contributed by atoms with Crippen LogP contribution >= 0.6 is 27.3 Å². The first-order valence-electron chi connectivity index (χ1n) is 9.23. The monoisotopic (exact) mass is 493 g/mol. The number of anilines is 1. The molecule has 158 valence electrons. The fraction of sp³-hybridized carbons (Fsp3) is 0.286. The number of ether oxygens (including phenoxy) is 2. The number of hydrogen-bond donors (Lipinski definition) is 1. The van der Waals surface area contributed by atoms with Gasteiger partial charge in [0.05, 0.1) is 18.3 Å². The molecular weight excluding hydrogens is 474 g/mol. The van der Waals surface area contributed by atoms with Crippen LogP contribution < -0.4 is 5.32 Å². The van der Waals surface area contributed by atoms with Crippen LogP contribution in [-0.4, -0.2) is 30.6 Å². The van der Waals surface area contributed by atoms with Crippen molar-refractivity contribution in [2.45, 2.75) is 33.8 Å². The van der Waals surface area contributed by atoms with E-state index in [4.69, 9.17) is 13.9 Å². The van der Waals surface area contributed by atoms with Gasteiger partial charge in [0.2, 0.25) is 0 Å². The number of furan rings is 1. The van der Waals surface area contributed by atoms with Crippen LogP contribution in [0.3, 0.4) is 0 Å². The number of hydrogen-bond acceptors (Lipinski definition) is 7. The summed E-state index contributed by atoms with van der Waals surface area (Å²) in [6, 6.07) is 6.99. The summed E-state index contributed by atoms with van der Waals surface area (Å²) >= 11 is 4.34. The Morgan fingerprint density at radius 3 is 2.60 bits per heavy atom. The van der Waals surface area contributed by atoms with Gasteiger partial charge >= 0.3 is 11.9 Å². The number of esters is 2. The molecule has 9 heteroatoms. The lowest BCUT2D eigenvalue weighted by Gasteiger charge is -2.07. The number of carbonyl (C=O) groups excluding carboxylic acids is 3. The number of amides is 1. The van der Waals surface area contributed by atoms with Crippen molar-refractivity contribution in [2.75, 3.05) is 11.9 Å². The molecule has 2 heterocycles. The fourth-order valence-electron chi connectivity index (χ4n) is 2.80. The van der Waals surface area contributed by atoms with Gasteiger partial charge in [-0.25, -0.2) is 9.59 Å². The zero-order chi connectivity index (χ0) is 22.0. The predicted octanol–water partition coefficient (Wildman–Crippen LogP) is 5.56. The summed E-state index contributed by atoms with van der Waals surface area (Å²) in [4.78, 5) is 37.9. The van der Waals surface area contributed by atoms with Crippen LogP contribution in [-0.2, 0) is 9.47 Å². The second kappa shape index (κ2) is 9.01. The van der Waals surface area contributed by atoms with Crippen molar-refractivity contribution in [3.63, 3.8) is 0 Å². The second-order valence-electron chi connectivity index (χ2n) is 6.68. The van der Waals surface area contributed by atoms with E-state index in [1.807, 2.05) is 12.1 Å². The van der Waals surface area contributed by atoms with E-state index in [2.05, 4.69) is 21.2 Å². The minimum absolute atomic E-state index is 0.0790. The van der Waals surface area contributed by atoms with E-state index >= 15 is 0 Å². The molecule has 0 unspecified atom stereocenters. The van der Waals surface area contributed by atoms with E-state index < -0.39 is 17.8 Å². The molecule has 0 aliphatic rings. The van der Waals surface area contributed by atoms with E-state index in [1.165, 1.54) is 0 Å². The highest BCUT2D eigenvalue weighted by Gasteiger charge is 2.28. The Morgan fingerprint density at radius 2 is 1.93 bits per heavy atom. The summed E-state index contributed by atoms with van der Waals surface area (Å²) in [7, 11) is 0. The smallest absolute Gasteiger partial charge is 0.348 e. The van der Waals surface area contributed by atoms with Crippen molar-refractivity contribution in [3.05, 3.63) is 50.5 Å². The summed E-state index contributed by atoms with van der Waals surface area (Å²) in [5, 5.41) is 3.63. The van der Waals surface area contributed by atoms with E-state index in [1.54, 1.807) is 39.8 Å². The third-order valence-electron chi connectivity index (χ3n) is 4.08. The van der Waals surface area contributed by atoms with Crippen LogP contribution in [0.2, 0.25) is 0 Å². The Morgan fingerprint density at radius 1 is 1.20 bits per heavy atom. The molecule has 0 aliphatic carbocycles. The lowest BCUT2D eigenvalue weighted by molar-refractivity contribution is 0.0383. The van der Waals surface area contributed by atoms with Crippen molar-refractivity contribution in [1.29, 1.82) is 0 Å². The summed E-state index contributed by atoms with van der Waals surface area (Å²) in [5.74, 6) is -1.65. The number of carbonyl (C=O) groups is 3. The molecule has 0 aliphatic heterocycles. The van der Waals surface area contributed by atoms with Crippen molar-refractivity contribution >= 4 is 61.1 Å². The first kappa shape index (κ1) is 22.0. The second-order valence-corrected chi connectivity index (χ2v) is 8.62. The van der Waals surface area contributed by atoms with E-state index in [0.717, 1.165) is 21.2 Å². The Balaban J connectivity index is 1.97. The molecule has 7 nitrogen and oxygen atoms in total. The first-order chi connectivity index (χ1) is 14.2. The minimum Gasteiger partial charge on any atom is -0.462 e. The van der Waals surface area contributed by atoms with Crippen LogP contribution in [0.1, 0.15) is 56.9 Å². The average Bonchev–Trinajstić information content (AvgIpc) is 3.22. The lowest BCUT2D eigenvalue weighted by atomic mass is 10.1. The molecular formula is C21H20BrNO6S. The maximum absolute atomic E-state index is 12.8. The van der Waals surface area contributed by atoms with Crippen LogP contribution in [0.15, 0.2) is 33.2 Å². The Bertz CT molecular complexity index is 1130. The van der Waals surface area contributed by atoms with Crippen molar-refractivity contribution in [1.82, 2.24) is 0 Å². The van der Waals surface area contributed by atoms with Crippen molar-refractivity contribution in [3.8, 4) is 0 Å². The Labute approximate surface area is 185 Å². The molecule has 0 bridgehead atoms. The molecule has 0 atom stereocenters. The molecule has 3 rings (SSSR count). The van der Waals surface area contributed by atoms with Crippen LogP contribution in [0.4, 0.5) is 5.00 Å². The molecule has 2 aromatic heterocycles. The maximum atomic E-state index is 12.8. The average molecular weight is 494 g/mol. The quantitative estimate of drug-likeness (QED) is 0.451. The highest BCUT2D eigenvalue weighted by Crippen LogP contribution is 2.35. The van der Waals surface area contributed by atoms with Crippen LogP contribution in [0.25, 0.3) is 11.0 Å². The number of nitrogens with one attached hydrogen (secondary N) is 1. The molecule has 0 saturated heterocycles. The summed E-state index contributed by atoms with van der Waals surface area (Å²) in [6.07, 6.45) is -0.321. The summed E-state index contributed by atoms with van der Waals surface area (Å²) in [6.45, 7) is 6.92. The predicted molar refractivity (Wildman–Crippen MR) is 117 cm³/mol. The molecule has 3 aromatic rings. The number of fused-ring (bicyclic) bond motifs is 1. The van der Waals surface area contributed by atoms with Gasteiger partial charge in [0, 0.05) is 9.86 Å². The van der Waals surface area contributed by atoms with Crippen LogP contribution in [0.5, 0.6) is 0 Å². The van der Waals surface area contributed by atoms with Crippen molar-refractivity contribution in [2.24, 2.45) is 0 Å².